The van der Waals surface area contributed by atoms with E-state index in [9.17, 15) is 9.18 Å². The van der Waals surface area contributed by atoms with Crippen LogP contribution >= 0.6 is 0 Å². The fourth-order valence-electron chi connectivity index (χ4n) is 3.40. The number of hydrogen-bond acceptors (Lipinski definition) is 5. The summed E-state index contributed by atoms with van der Waals surface area (Å²) in [5.74, 6) is -2.65. The monoisotopic (exact) mass is 338 g/mol. The lowest BCUT2D eigenvalue weighted by Gasteiger charge is -2.30. The third kappa shape index (κ3) is 6.03. The Morgan fingerprint density at radius 1 is 1.08 bits per heavy atom. The smallest absolute Gasteiger partial charge is 0.273 e. The minimum Gasteiger partial charge on any atom is -0.492 e. The van der Waals surface area contributed by atoms with Gasteiger partial charge in [0.05, 0.1) is 6.20 Å². The molecule has 6 nitrogen and oxygen atoms in total. The number of nitrogens with one attached hydrogen (secondary N) is 1. The van der Waals surface area contributed by atoms with Crippen molar-refractivity contribution in [1.29, 1.82) is 0 Å². The van der Waals surface area contributed by atoms with Crippen LogP contribution in [0.2, 0.25) is 0 Å². The fraction of sp³-hybridized carbons (Fsp3) is 0.706. The van der Waals surface area contributed by atoms with Crippen molar-refractivity contribution < 1.29 is 14.3 Å². The predicted octanol–water partition coefficient (Wildman–Crippen LogP) is 2.66. The van der Waals surface area contributed by atoms with Gasteiger partial charge in [0, 0.05) is 12.1 Å². The Balaban J connectivity index is 0.000000177. The van der Waals surface area contributed by atoms with Crippen molar-refractivity contribution in [3.63, 3.8) is 0 Å². The van der Waals surface area contributed by atoms with Gasteiger partial charge >= 0.3 is 0 Å². The highest BCUT2D eigenvalue weighted by molar-refractivity contribution is 5.92. The zero-order valence-electron chi connectivity index (χ0n) is 14.0. The Hall–Kier alpha value is -1.76. The van der Waals surface area contributed by atoms with E-state index < -0.39 is 23.4 Å². The van der Waals surface area contributed by atoms with E-state index in [-0.39, 0.29) is 0 Å². The molecule has 0 spiro atoms. The molecule has 0 aliphatic heterocycles. The van der Waals surface area contributed by atoms with Crippen LogP contribution in [0.15, 0.2) is 6.20 Å². The molecule has 1 amide bonds. The molecular formula is C17H27FN4O2. The predicted molar refractivity (Wildman–Crippen MR) is 89.1 cm³/mol. The summed E-state index contributed by atoms with van der Waals surface area (Å²) in [6, 6.07) is 1.74. The molecule has 0 bridgehead atoms. The third-order valence-electron chi connectivity index (χ3n) is 4.64. The molecule has 2 aliphatic rings. The molecular weight excluding hydrogens is 311 g/mol. The molecule has 4 N–H and O–H groups in total. The van der Waals surface area contributed by atoms with Crippen LogP contribution in [0, 0.1) is 5.95 Å². The molecule has 3 rings (SSSR count). The van der Waals surface area contributed by atoms with E-state index in [1.54, 1.807) is 0 Å². The second-order valence-electron chi connectivity index (χ2n) is 6.57. The maximum atomic E-state index is 12.2. The zero-order valence-corrected chi connectivity index (χ0v) is 14.0. The summed E-state index contributed by atoms with van der Waals surface area (Å²) >= 11 is 0. The van der Waals surface area contributed by atoms with Crippen molar-refractivity contribution >= 4 is 5.91 Å². The summed E-state index contributed by atoms with van der Waals surface area (Å²) in [6.07, 6.45) is 15.2. The molecule has 0 unspecified atom stereocenters. The van der Waals surface area contributed by atoms with Crippen LogP contribution in [0.1, 0.15) is 74.7 Å². The summed E-state index contributed by atoms with van der Waals surface area (Å²) in [5.41, 5.74) is 4.15. The molecule has 24 heavy (non-hydrogen) atoms. The van der Waals surface area contributed by atoms with Gasteiger partial charge in [0.25, 0.3) is 5.91 Å². The molecule has 0 saturated heterocycles. The summed E-state index contributed by atoms with van der Waals surface area (Å²) in [6.45, 7) is 0. The maximum Gasteiger partial charge on any atom is 0.273 e. The number of carbonyl (C=O) groups is 1. The lowest BCUT2D eigenvalue weighted by molar-refractivity contribution is 0.0990. The van der Waals surface area contributed by atoms with Crippen LogP contribution < -0.4 is 11.1 Å². The van der Waals surface area contributed by atoms with Gasteiger partial charge < -0.3 is 16.2 Å². The molecule has 2 saturated carbocycles. The van der Waals surface area contributed by atoms with Crippen LogP contribution in [0.3, 0.4) is 0 Å². The van der Waals surface area contributed by atoms with Gasteiger partial charge in [-0.15, -0.1) is 0 Å². The second kappa shape index (κ2) is 9.52. The number of halogens is 1. The van der Waals surface area contributed by atoms with Crippen molar-refractivity contribution in [3.8, 4) is 5.88 Å². The van der Waals surface area contributed by atoms with E-state index in [1.165, 1.54) is 64.2 Å². The molecule has 7 heteroatoms. The molecule has 1 aromatic heterocycles. The summed E-state index contributed by atoms with van der Waals surface area (Å²) < 4.78 is 12.2. The van der Waals surface area contributed by atoms with E-state index in [4.69, 9.17) is 10.8 Å². The van der Waals surface area contributed by atoms with Crippen LogP contribution in [-0.4, -0.2) is 33.1 Å². The number of aromatic nitrogens is 2. The lowest BCUT2D eigenvalue weighted by atomic mass is 9.91. The van der Waals surface area contributed by atoms with Crippen molar-refractivity contribution in [1.82, 2.24) is 15.3 Å². The number of nitrogens with two attached hydrogens (primary N) is 1. The number of amides is 1. The quantitative estimate of drug-likeness (QED) is 0.786. The van der Waals surface area contributed by atoms with Crippen LogP contribution in [-0.2, 0) is 0 Å². The van der Waals surface area contributed by atoms with E-state index >= 15 is 0 Å². The topological polar surface area (TPSA) is 101 Å². The fourth-order valence-corrected chi connectivity index (χ4v) is 3.40. The van der Waals surface area contributed by atoms with Crippen molar-refractivity contribution in [2.24, 2.45) is 5.73 Å². The molecule has 0 aromatic carbocycles. The van der Waals surface area contributed by atoms with Crippen molar-refractivity contribution in [2.75, 3.05) is 0 Å². The second-order valence-corrected chi connectivity index (χ2v) is 6.57. The largest absolute Gasteiger partial charge is 0.492 e. The molecule has 1 aromatic rings. The van der Waals surface area contributed by atoms with Gasteiger partial charge in [-0.05, 0) is 25.7 Å². The Bertz CT molecular complexity index is 513. The Labute approximate surface area is 142 Å². The minimum absolute atomic E-state index is 0.565. The number of primary amides is 1. The Morgan fingerprint density at radius 3 is 2.00 bits per heavy atom. The number of nitrogens with zero attached hydrogens (tertiary/aromatic N) is 2. The van der Waals surface area contributed by atoms with Gasteiger partial charge in [0.15, 0.2) is 5.69 Å². The van der Waals surface area contributed by atoms with Gasteiger partial charge in [-0.25, -0.2) is 9.97 Å². The van der Waals surface area contributed by atoms with E-state index in [1.807, 2.05) is 0 Å². The highest BCUT2D eigenvalue weighted by Crippen LogP contribution is 2.22. The van der Waals surface area contributed by atoms with Gasteiger partial charge in [-0.1, -0.05) is 38.5 Å². The molecule has 2 fully saturated rings. The normalized spacial score (nSPS) is 19.4. The van der Waals surface area contributed by atoms with Crippen molar-refractivity contribution in [2.45, 2.75) is 76.3 Å². The molecule has 134 valence electrons. The first-order valence-corrected chi connectivity index (χ1v) is 8.83. The maximum absolute atomic E-state index is 12.2. The summed E-state index contributed by atoms with van der Waals surface area (Å²) in [7, 11) is 0. The third-order valence-corrected chi connectivity index (χ3v) is 4.64. The van der Waals surface area contributed by atoms with Crippen LogP contribution in [0.4, 0.5) is 4.39 Å². The average molecular weight is 338 g/mol. The molecule has 0 atom stereocenters. The molecule has 2 aliphatic carbocycles. The summed E-state index contributed by atoms with van der Waals surface area (Å²) in [4.78, 5) is 16.5. The van der Waals surface area contributed by atoms with Gasteiger partial charge in [-0.2, -0.15) is 4.39 Å². The molecule has 1 heterocycles. The average Bonchev–Trinajstić information content (AvgIpc) is 2.59. The first-order chi connectivity index (χ1) is 11.6. The number of aromatic hydroxyl groups is 1. The van der Waals surface area contributed by atoms with Crippen LogP contribution in [0.5, 0.6) is 5.88 Å². The number of rotatable bonds is 3. The highest BCUT2D eigenvalue weighted by atomic mass is 19.1. The van der Waals surface area contributed by atoms with Gasteiger partial charge in [0.1, 0.15) is 0 Å². The van der Waals surface area contributed by atoms with E-state index in [2.05, 4.69) is 15.3 Å². The lowest BCUT2D eigenvalue weighted by Crippen LogP contribution is -2.40. The zero-order chi connectivity index (χ0) is 17.4. The van der Waals surface area contributed by atoms with Crippen molar-refractivity contribution in [3.05, 3.63) is 17.8 Å². The highest BCUT2D eigenvalue weighted by Gasteiger charge is 2.19. The SMILES string of the molecule is C1CCC(NC2CCCCC2)CC1.NC(=O)c1nc(F)cnc1O. The molecule has 0 radical (unpaired) electrons. The number of carbonyl (C=O) groups excluding carboxylic acids is 1. The Kier molecular flexibility index (Phi) is 7.36. The van der Waals surface area contributed by atoms with Gasteiger partial charge in [-0.3, -0.25) is 4.79 Å². The summed E-state index contributed by atoms with van der Waals surface area (Å²) in [5, 5.41) is 12.6. The van der Waals surface area contributed by atoms with E-state index in [0.29, 0.717) is 6.20 Å². The Morgan fingerprint density at radius 2 is 1.58 bits per heavy atom. The standard InChI is InChI=1S/C12H23N.C5H4FN3O2/c1-3-7-11(8-4-1)13-12-9-5-2-6-10-12;6-2-1-8-5(11)3(9-2)4(7)10/h11-13H,1-10H2;1H,(H2,7,10)(H,8,11). The van der Waals surface area contributed by atoms with Gasteiger partial charge in [0.2, 0.25) is 11.8 Å². The van der Waals surface area contributed by atoms with E-state index in [0.717, 1.165) is 12.1 Å². The first-order valence-electron chi connectivity index (χ1n) is 8.83. The minimum atomic E-state index is -1.02. The first kappa shape index (κ1) is 18.6. The van der Waals surface area contributed by atoms with Crippen LogP contribution in [0.25, 0.3) is 0 Å². The number of hydrogen-bond donors (Lipinski definition) is 3.